The lowest BCUT2D eigenvalue weighted by Gasteiger charge is -2.38. The van der Waals surface area contributed by atoms with Crippen molar-refractivity contribution in [2.45, 2.75) is 32.5 Å². The van der Waals surface area contributed by atoms with Crippen molar-refractivity contribution in [2.75, 3.05) is 39.3 Å². The van der Waals surface area contributed by atoms with Crippen molar-refractivity contribution >= 4 is 11.8 Å². The number of benzene rings is 1. The number of piperazine rings is 1. The van der Waals surface area contributed by atoms with E-state index in [9.17, 15) is 22.8 Å². The standard InChI is InChI=1S/C22H26F3N5O3/c1-15(31)30-7-3-5-17(13-30)21(32)29-10-8-28(9-11-29)14-19-26-20(27-33-19)16-4-2-6-18(12-16)22(23,24)25/h2,4,6,12,17H,3,5,7-11,13-14H2,1H3. The Hall–Kier alpha value is -2.95. The van der Waals surface area contributed by atoms with Gasteiger partial charge in [0.2, 0.25) is 23.5 Å². The van der Waals surface area contributed by atoms with Crippen LogP contribution < -0.4 is 0 Å². The summed E-state index contributed by atoms with van der Waals surface area (Å²) in [5.74, 6) is 0.357. The van der Waals surface area contributed by atoms with Gasteiger partial charge in [-0.15, -0.1) is 0 Å². The minimum Gasteiger partial charge on any atom is -0.342 e. The van der Waals surface area contributed by atoms with Crippen molar-refractivity contribution in [3.8, 4) is 11.4 Å². The molecule has 1 atom stereocenters. The second-order valence-electron chi connectivity index (χ2n) is 8.50. The highest BCUT2D eigenvalue weighted by Gasteiger charge is 2.33. The van der Waals surface area contributed by atoms with Gasteiger partial charge in [0.1, 0.15) is 0 Å². The van der Waals surface area contributed by atoms with Gasteiger partial charge in [-0.1, -0.05) is 17.3 Å². The topological polar surface area (TPSA) is 82.8 Å². The Morgan fingerprint density at radius 1 is 1.12 bits per heavy atom. The maximum absolute atomic E-state index is 12.9. The molecule has 1 aromatic heterocycles. The van der Waals surface area contributed by atoms with Crippen LogP contribution in [0.15, 0.2) is 28.8 Å². The number of hydrogen-bond acceptors (Lipinski definition) is 6. The zero-order valence-electron chi connectivity index (χ0n) is 18.3. The van der Waals surface area contributed by atoms with Crippen LogP contribution in [0.2, 0.25) is 0 Å². The third-order valence-electron chi connectivity index (χ3n) is 6.17. The monoisotopic (exact) mass is 465 g/mol. The number of nitrogens with zero attached hydrogens (tertiary/aromatic N) is 5. The quantitative estimate of drug-likeness (QED) is 0.691. The smallest absolute Gasteiger partial charge is 0.342 e. The van der Waals surface area contributed by atoms with Crippen LogP contribution in [0.3, 0.4) is 0 Å². The molecule has 2 aromatic rings. The molecule has 0 spiro atoms. The molecule has 0 aliphatic carbocycles. The second kappa shape index (κ2) is 9.50. The summed E-state index contributed by atoms with van der Waals surface area (Å²) in [5, 5.41) is 3.82. The van der Waals surface area contributed by atoms with Crippen molar-refractivity contribution in [1.29, 1.82) is 0 Å². The van der Waals surface area contributed by atoms with E-state index in [-0.39, 0.29) is 29.1 Å². The lowest BCUT2D eigenvalue weighted by Crippen LogP contribution is -2.52. The van der Waals surface area contributed by atoms with Crippen molar-refractivity contribution in [3.63, 3.8) is 0 Å². The molecule has 3 heterocycles. The number of carbonyl (C=O) groups excluding carboxylic acids is 2. The fourth-order valence-corrected chi connectivity index (χ4v) is 4.31. The first-order valence-corrected chi connectivity index (χ1v) is 11.0. The van der Waals surface area contributed by atoms with Crippen LogP contribution in [0.5, 0.6) is 0 Å². The molecule has 0 N–H and O–H groups in total. The average Bonchev–Trinajstić information content (AvgIpc) is 3.27. The maximum atomic E-state index is 12.9. The molecule has 2 aliphatic heterocycles. The fourth-order valence-electron chi connectivity index (χ4n) is 4.31. The third kappa shape index (κ3) is 5.52. The number of rotatable bonds is 4. The molecule has 4 rings (SSSR count). The lowest BCUT2D eigenvalue weighted by molar-refractivity contribution is -0.141. The van der Waals surface area contributed by atoms with Crippen LogP contribution in [-0.4, -0.2) is 75.9 Å². The van der Waals surface area contributed by atoms with E-state index in [4.69, 9.17) is 4.52 Å². The first-order chi connectivity index (χ1) is 15.7. The van der Waals surface area contributed by atoms with Gasteiger partial charge in [-0.2, -0.15) is 18.2 Å². The summed E-state index contributed by atoms with van der Waals surface area (Å²) in [6.07, 6.45) is -2.81. The third-order valence-corrected chi connectivity index (χ3v) is 6.17. The molecule has 0 radical (unpaired) electrons. The molecule has 8 nitrogen and oxygen atoms in total. The Labute approximate surface area is 189 Å². The largest absolute Gasteiger partial charge is 0.416 e. The Kier molecular flexibility index (Phi) is 6.68. The van der Waals surface area contributed by atoms with Gasteiger partial charge in [-0.05, 0) is 25.0 Å². The van der Waals surface area contributed by atoms with Crippen LogP contribution in [0.25, 0.3) is 11.4 Å². The highest BCUT2D eigenvalue weighted by molar-refractivity contribution is 5.81. The van der Waals surface area contributed by atoms with E-state index in [2.05, 4.69) is 15.0 Å². The van der Waals surface area contributed by atoms with Crippen LogP contribution in [0.1, 0.15) is 31.2 Å². The minimum absolute atomic E-state index is 0.00128. The van der Waals surface area contributed by atoms with Crippen molar-refractivity contribution in [2.24, 2.45) is 5.92 Å². The molecule has 2 amide bonds. The van der Waals surface area contributed by atoms with Gasteiger partial charge in [0.05, 0.1) is 18.0 Å². The zero-order valence-corrected chi connectivity index (χ0v) is 18.3. The van der Waals surface area contributed by atoms with E-state index in [0.29, 0.717) is 51.7 Å². The number of aromatic nitrogens is 2. The molecule has 0 saturated carbocycles. The van der Waals surface area contributed by atoms with Gasteiger partial charge < -0.3 is 14.3 Å². The fraction of sp³-hybridized carbons (Fsp3) is 0.545. The van der Waals surface area contributed by atoms with Crippen LogP contribution in [0.4, 0.5) is 13.2 Å². The van der Waals surface area contributed by atoms with Gasteiger partial charge in [0, 0.05) is 51.8 Å². The number of alkyl halides is 3. The second-order valence-corrected chi connectivity index (χ2v) is 8.50. The van der Waals surface area contributed by atoms with Gasteiger partial charge >= 0.3 is 6.18 Å². The Balaban J connectivity index is 1.31. The summed E-state index contributed by atoms with van der Waals surface area (Å²) in [4.78, 5) is 34.4. The lowest BCUT2D eigenvalue weighted by atomic mass is 9.96. The molecule has 11 heteroatoms. The molecule has 2 aliphatic rings. The molecular formula is C22H26F3N5O3. The summed E-state index contributed by atoms with van der Waals surface area (Å²) in [6.45, 7) is 5.44. The minimum atomic E-state index is -4.44. The SMILES string of the molecule is CC(=O)N1CCCC(C(=O)N2CCN(Cc3nc(-c4cccc(C(F)(F)F)c4)no3)CC2)C1. The molecule has 33 heavy (non-hydrogen) atoms. The summed E-state index contributed by atoms with van der Waals surface area (Å²) in [6, 6.07) is 4.81. The summed E-state index contributed by atoms with van der Waals surface area (Å²) < 4.78 is 44.1. The first-order valence-electron chi connectivity index (χ1n) is 11.0. The molecule has 2 saturated heterocycles. The Morgan fingerprint density at radius 3 is 2.58 bits per heavy atom. The number of halogens is 3. The van der Waals surface area contributed by atoms with E-state index in [0.717, 1.165) is 25.0 Å². The molecule has 1 aromatic carbocycles. The molecule has 0 bridgehead atoms. The molecule has 178 valence electrons. The molecule has 1 unspecified atom stereocenters. The highest BCUT2D eigenvalue weighted by atomic mass is 19.4. The number of amides is 2. The number of likely N-dealkylation sites (tertiary alicyclic amines) is 1. The molecular weight excluding hydrogens is 439 g/mol. The normalized spacial score (nSPS) is 20.2. The Morgan fingerprint density at radius 2 is 1.88 bits per heavy atom. The Bertz CT molecular complexity index is 1000. The van der Waals surface area contributed by atoms with Gasteiger partial charge in [-0.3, -0.25) is 14.5 Å². The summed E-state index contributed by atoms with van der Waals surface area (Å²) >= 11 is 0. The maximum Gasteiger partial charge on any atom is 0.416 e. The van der Waals surface area contributed by atoms with Crippen LogP contribution in [0, 0.1) is 5.92 Å². The summed E-state index contributed by atoms with van der Waals surface area (Å²) in [7, 11) is 0. The summed E-state index contributed by atoms with van der Waals surface area (Å²) in [5.41, 5.74) is -0.529. The van der Waals surface area contributed by atoms with E-state index < -0.39 is 11.7 Å². The average molecular weight is 465 g/mol. The highest BCUT2D eigenvalue weighted by Crippen LogP contribution is 2.31. The van der Waals surface area contributed by atoms with Crippen molar-refractivity contribution in [1.82, 2.24) is 24.8 Å². The van der Waals surface area contributed by atoms with E-state index >= 15 is 0 Å². The number of piperidine rings is 1. The number of carbonyl (C=O) groups is 2. The van der Waals surface area contributed by atoms with Gasteiger partial charge in [0.25, 0.3) is 0 Å². The number of hydrogen-bond donors (Lipinski definition) is 0. The molecule has 2 fully saturated rings. The van der Waals surface area contributed by atoms with Crippen LogP contribution in [-0.2, 0) is 22.3 Å². The predicted octanol–water partition coefficient (Wildman–Crippen LogP) is 2.66. The van der Waals surface area contributed by atoms with E-state index in [1.165, 1.54) is 19.1 Å². The van der Waals surface area contributed by atoms with Gasteiger partial charge in [0.15, 0.2) is 0 Å². The predicted molar refractivity (Wildman–Crippen MR) is 112 cm³/mol. The zero-order chi connectivity index (χ0) is 23.6. The van der Waals surface area contributed by atoms with E-state index in [1.54, 1.807) is 4.90 Å². The van der Waals surface area contributed by atoms with E-state index in [1.807, 2.05) is 4.90 Å². The van der Waals surface area contributed by atoms with Crippen LogP contribution >= 0.6 is 0 Å². The van der Waals surface area contributed by atoms with Crippen molar-refractivity contribution in [3.05, 3.63) is 35.7 Å². The first kappa shape index (κ1) is 23.2. The van der Waals surface area contributed by atoms with Gasteiger partial charge in [-0.25, -0.2) is 0 Å². The van der Waals surface area contributed by atoms with Crippen molar-refractivity contribution < 1.29 is 27.3 Å².